The van der Waals surface area contributed by atoms with Crippen LogP contribution in [0.15, 0.2) is 78.9 Å². The SMILES string of the molecule is C1=CC2[CH-]CCC2C=C1.C1=CC2[CH-]CCC2C=C1.C[SiH]c1ccccc1.[Cl-].[Cl-].[Zr+4]. The van der Waals surface area contributed by atoms with Gasteiger partial charge in [0.05, 0.1) is 9.52 Å². The minimum absolute atomic E-state index is 0. The monoisotopic (exact) mass is 519 g/mol. The maximum absolute atomic E-state index is 2.42. The predicted molar refractivity (Wildman–Crippen MR) is 117 cm³/mol. The van der Waals surface area contributed by atoms with Crippen molar-refractivity contribution in [3.8, 4) is 0 Å². The molecular formula is C25H31Cl2SiZr. The van der Waals surface area contributed by atoms with Crippen molar-refractivity contribution in [2.75, 3.05) is 0 Å². The van der Waals surface area contributed by atoms with Gasteiger partial charge in [-0.1, -0.05) is 91.4 Å². The number of benzene rings is 1. The zero-order valence-corrected chi connectivity index (χ0v) is 22.3. The van der Waals surface area contributed by atoms with E-state index in [9.17, 15) is 0 Å². The van der Waals surface area contributed by atoms with E-state index in [2.05, 4.69) is 98.3 Å². The zero-order chi connectivity index (χ0) is 18.0. The third-order valence-electron chi connectivity index (χ3n) is 5.60. The molecule has 0 spiro atoms. The smallest absolute Gasteiger partial charge is 1.00 e. The Bertz CT molecular complexity index is 580. The molecule has 4 heteroatoms. The summed E-state index contributed by atoms with van der Waals surface area (Å²) in [4.78, 5) is 0. The molecule has 4 aliphatic carbocycles. The van der Waals surface area contributed by atoms with E-state index in [0.717, 1.165) is 23.7 Å². The molecule has 4 unspecified atom stereocenters. The number of fused-ring (bicyclic) bond motifs is 2. The van der Waals surface area contributed by atoms with Crippen LogP contribution in [0.25, 0.3) is 0 Å². The van der Waals surface area contributed by atoms with Crippen LogP contribution in [0.3, 0.4) is 0 Å². The van der Waals surface area contributed by atoms with E-state index in [0.29, 0.717) is 9.52 Å². The zero-order valence-electron chi connectivity index (χ0n) is 17.1. The molecule has 0 aliphatic heterocycles. The van der Waals surface area contributed by atoms with Crippen LogP contribution in [-0.2, 0) is 26.2 Å². The molecule has 4 aliphatic rings. The molecule has 0 bridgehead atoms. The van der Waals surface area contributed by atoms with E-state index in [1.165, 1.54) is 30.9 Å². The van der Waals surface area contributed by atoms with Crippen LogP contribution in [0.2, 0.25) is 6.55 Å². The topological polar surface area (TPSA) is 0 Å². The molecule has 2 saturated carbocycles. The van der Waals surface area contributed by atoms with Gasteiger partial charge in [-0.3, -0.25) is 0 Å². The van der Waals surface area contributed by atoms with E-state index in [4.69, 9.17) is 0 Å². The summed E-state index contributed by atoms with van der Waals surface area (Å²) in [6, 6.07) is 10.6. The molecule has 0 N–H and O–H groups in total. The van der Waals surface area contributed by atoms with Crippen LogP contribution in [0.1, 0.15) is 25.7 Å². The number of rotatable bonds is 1. The Morgan fingerprint density at radius 2 is 1.17 bits per heavy atom. The van der Waals surface area contributed by atoms with Crippen molar-refractivity contribution in [3.05, 3.63) is 91.8 Å². The summed E-state index contributed by atoms with van der Waals surface area (Å²) in [7, 11) is 0.511. The molecule has 0 nitrogen and oxygen atoms in total. The molecule has 1 radical (unpaired) electrons. The summed E-state index contributed by atoms with van der Waals surface area (Å²) in [5.41, 5.74) is 0. The van der Waals surface area contributed by atoms with Crippen LogP contribution < -0.4 is 30.0 Å². The van der Waals surface area contributed by atoms with Crippen molar-refractivity contribution in [1.29, 1.82) is 0 Å². The van der Waals surface area contributed by atoms with Crippen molar-refractivity contribution in [2.24, 2.45) is 23.7 Å². The minimum Gasteiger partial charge on any atom is -1.00 e. The van der Waals surface area contributed by atoms with Crippen molar-refractivity contribution >= 4 is 14.7 Å². The molecule has 4 atom stereocenters. The van der Waals surface area contributed by atoms with Crippen molar-refractivity contribution in [3.63, 3.8) is 0 Å². The minimum atomic E-state index is 0. The molecular weight excluding hydrogens is 490 g/mol. The number of hydrogen-bond acceptors (Lipinski definition) is 0. The fraction of sp³-hybridized carbons (Fsp3) is 0.360. The first-order chi connectivity index (χ1) is 12.9. The summed E-state index contributed by atoms with van der Waals surface area (Å²) in [6.07, 6.45) is 28.1. The summed E-state index contributed by atoms with van der Waals surface area (Å²) >= 11 is 0. The second-order valence-electron chi connectivity index (χ2n) is 7.35. The maximum Gasteiger partial charge on any atom is 4.00 e. The molecule has 1 aromatic carbocycles. The van der Waals surface area contributed by atoms with Crippen LogP contribution >= 0.6 is 0 Å². The van der Waals surface area contributed by atoms with E-state index < -0.39 is 0 Å². The van der Waals surface area contributed by atoms with Gasteiger partial charge in [-0.05, 0) is 11.8 Å². The quantitative estimate of drug-likeness (QED) is 0.345. The van der Waals surface area contributed by atoms with Gasteiger partial charge in [0.15, 0.2) is 0 Å². The standard InChI is InChI=1S/2C9H11.C7H9Si.2ClH.Zr/c2*1-2-5-9-7-3-6-8(9)4-1;1-8-7-5-3-2-4-6-7;;;/h2*1-2,4-6,8-9H,3,7H2;2-6,8H,1H3;2*1H;/q2*-1;;;;+4/p-2. The van der Waals surface area contributed by atoms with E-state index >= 15 is 0 Å². The van der Waals surface area contributed by atoms with Gasteiger partial charge >= 0.3 is 26.2 Å². The van der Waals surface area contributed by atoms with E-state index in [-0.39, 0.29) is 51.0 Å². The summed E-state index contributed by atoms with van der Waals surface area (Å²) in [5, 5.41) is 1.49. The molecule has 1 aromatic rings. The molecule has 2 fully saturated rings. The van der Waals surface area contributed by atoms with Gasteiger partial charge < -0.3 is 37.7 Å². The van der Waals surface area contributed by atoms with Crippen molar-refractivity contribution in [1.82, 2.24) is 0 Å². The Hall–Kier alpha value is -0.140. The van der Waals surface area contributed by atoms with Gasteiger partial charge in [0, 0.05) is 0 Å². The normalized spacial score (nSPS) is 26.8. The number of halogens is 2. The molecule has 0 heterocycles. The van der Waals surface area contributed by atoms with Crippen LogP contribution in [0.5, 0.6) is 0 Å². The number of allylic oxidation sites excluding steroid dienone is 8. The molecule has 0 amide bonds. The Balaban J connectivity index is 0.000000387. The average Bonchev–Trinajstić information content (AvgIpc) is 3.38. The van der Waals surface area contributed by atoms with Gasteiger partial charge in [0.2, 0.25) is 0 Å². The van der Waals surface area contributed by atoms with Gasteiger partial charge in [0.1, 0.15) is 0 Å². The van der Waals surface area contributed by atoms with Gasteiger partial charge in [-0.2, -0.15) is 12.8 Å². The largest absolute Gasteiger partial charge is 4.00 e. The fourth-order valence-corrected chi connectivity index (χ4v) is 4.64. The van der Waals surface area contributed by atoms with Crippen LogP contribution in [0.4, 0.5) is 0 Å². The Morgan fingerprint density at radius 3 is 1.55 bits per heavy atom. The summed E-state index contributed by atoms with van der Waals surface area (Å²) in [6.45, 7) is 2.25. The van der Waals surface area contributed by atoms with Gasteiger partial charge in [-0.15, -0.1) is 24.0 Å². The summed E-state index contributed by atoms with van der Waals surface area (Å²) in [5.74, 6) is 3.23. The Labute approximate surface area is 212 Å². The van der Waals surface area contributed by atoms with Crippen LogP contribution in [0, 0.1) is 36.5 Å². The third kappa shape index (κ3) is 9.69. The van der Waals surface area contributed by atoms with Crippen LogP contribution in [-0.4, -0.2) is 9.52 Å². The first kappa shape index (κ1) is 28.9. The second kappa shape index (κ2) is 16.5. The second-order valence-corrected chi connectivity index (χ2v) is 8.59. The molecule has 29 heavy (non-hydrogen) atoms. The average molecular weight is 522 g/mol. The first-order valence-electron chi connectivity index (χ1n) is 10.1. The molecule has 153 valence electrons. The molecule has 5 rings (SSSR count). The van der Waals surface area contributed by atoms with Crippen molar-refractivity contribution < 1.29 is 51.0 Å². The summed E-state index contributed by atoms with van der Waals surface area (Å²) < 4.78 is 0. The Kier molecular flexibility index (Phi) is 16.5. The third-order valence-corrected chi connectivity index (χ3v) is 6.66. The van der Waals surface area contributed by atoms with Gasteiger partial charge in [0.25, 0.3) is 0 Å². The van der Waals surface area contributed by atoms with E-state index in [1.54, 1.807) is 0 Å². The molecule has 0 saturated heterocycles. The predicted octanol–water partition coefficient (Wildman–Crippen LogP) is -0.512. The van der Waals surface area contributed by atoms with Crippen molar-refractivity contribution in [2.45, 2.75) is 32.2 Å². The van der Waals surface area contributed by atoms with E-state index in [1.807, 2.05) is 0 Å². The maximum atomic E-state index is 2.42. The Morgan fingerprint density at radius 1 is 0.724 bits per heavy atom. The fourth-order valence-electron chi connectivity index (χ4n) is 4.03. The van der Waals surface area contributed by atoms with Gasteiger partial charge in [-0.25, -0.2) is 0 Å². The number of hydrogen-bond donors (Lipinski definition) is 0. The first-order valence-corrected chi connectivity index (χ1v) is 11.8. The molecule has 0 aromatic heterocycles.